The van der Waals surface area contributed by atoms with Crippen molar-refractivity contribution < 1.29 is 0 Å². The van der Waals surface area contributed by atoms with Crippen LogP contribution in [0.25, 0.3) is 5.70 Å². The molecule has 1 heterocycles. The van der Waals surface area contributed by atoms with Crippen LogP contribution >= 0.6 is 12.2 Å². The van der Waals surface area contributed by atoms with E-state index in [9.17, 15) is 0 Å². The summed E-state index contributed by atoms with van der Waals surface area (Å²) in [4.78, 5) is 1.94. The minimum absolute atomic E-state index is 0.585. The van der Waals surface area contributed by atoms with Gasteiger partial charge in [-0.05, 0) is 31.3 Å². The first-order valence-electron chi connectivity index (χ1n) is 6.13. The highest BCUT2D eigenvalue weighted by Gasteiger charge is 2.21. The fourth-order valence-corrected chi connectivity index (χ4v) is 2.26. The standard InChI is InChI=1S/C16H13N2S/c1-12-7-9-13(10-8-12)15-11-18(16(19)17-15)14-5-3-2-4-6-14/h2-11H,1H3. The maximum Gasteiger partial charge on any atom is 0.204 e. The topological polar surface area (TPSA) is 17.3 Å². The van der Waals surface area contributed by atoms with Gasteiger partial charge in [-0.15, -0.1) is 0 Å². The summed E-state index contributed by atoms with van der Waals surface area (Å²) in [5.41, 5.74) is 4.28. The van der Waals surface area contributed by atoms with Crippen molar-refractivity contribution in [3.05, 3.63) is 71.9 Å². The number of nitrogens with zero attached hydrogens (tertiary/aromatic N) is 2. The number of para-hydroxylation sites is 1. The van der Waals surface area contributed by atoms with Gasteiger partial charge in [0.15, 0.2) is 0 Å². The molecule has 0 spiro atoms. The molecule has 0 saturated heterocycles. The van der Waals surface area contributed by atoms with Crippen LogP contribution in [0.3, 0.4) is 0 Å². The van der Waals surface area contributed by atoms with Gasteiger partial charge in [0, 0.05) is 17.5 Å². The summed E-state index contributed by atoms with van der Waals surface area (Å²) in [7, 11) is 0. The van der Waals surface area contributed by atoms with E-state index in [1.807, 2.05) is 41.4 Å². The number of benzene rings is 2. The van der Waals surface area contributed by atoms with Crippen LogP contribution in [-0.4, -0.2) is 5.11 Å². The smallest absolute Gasteiger partial charge is 0.204 e. The van der Waals surface area contributed by atoms with Crippen LogP contribution in [0.5, 0.6) is 0 Å². The van der Waals surface area contributed by atoms with E-state index in [1.165, 1.54) is 5.56 Å². The Labute approximate surface area is 118 Å². The molecule has 0 fully saturated rings. The van der Waals surface area contributed by atoms with Crippen molar-refractivity contribution >= 4 is 28.7 Å². The zero-order chi connectivity index (χ0) is 13.2. The Bertz CT molecular complexity index is 630. The fraction of sp³-hybridized carbons (Fsp3) is 0.0625. The van der Waals surface area contributed by atoms with E-state index in [0.29, 0.717) is 5.11 Å². The van der Waals surface area contributed by atoms with Gasteiger partial charge < -0.3 is 0 Å². The fourth-order valence-electron chi connectivity index (χ4n) is 2.00. The Balaban J connectivity index is 1.93. The average molecular weight is 265 g/mol. The maximum absolute atomic E-state index is 5.33. The highest BCUT2D eigenvalue weighted by Crippen LogP contribution is 2.25. The normalized spacial score (nSPS) is 14.3. The summed E-state index contributed by atoms with van der Waals surface area (Å²) in [6.07, 6.45) is 1.99. The summed E-state index contributed by atoms with van der Waals surface area (Å²) in [6, 6.07) is 18.3. The first kappa shape index (κ1) is 11.9. The van der Waals surface area contributed by atoms with E-state index < -0.39 is 0 Å². The third-order valence-electron chi connectivity index (χ3n) is 3.06. The molecule has 2 aromatic rings. The third kappa shape index (κ3) is 2.37. The molecule has 0 amide bonds. The molecule has 0 aromatic heterocycles. The summed E-state index contributed by atoms with van der Waals surface area (Å²) < 4.78 is 0. The lowest BCUT2D eigenvalue weighted by Gasteiger charge is -2.13. The zero-order valence-corrected chi connectivity index (χ0v) is 11.4. The van der Waals surface area contributed by atoms with E-state index >= 15 is 0 Å². The molecular formula is C16H13N2S. The largest absolute Gasteiger partial charge is 0.290 e. The van der Waals surface area contributed by atoms with Crippen LogP contribution in [-0.2, 0) is 0 Å². The molecule has 93 valence electrons. The van der Waals surface area contributed by atoms with E-state index in [1.54, 1.807) is 0 Å². The Morgan fingerprint density at radius 1 is 0.947 bits per heavy atom. The second-order valence-electron chi connectivity index (χ2n) is 4.48. The molecule has 0 aliphatic carbocycles. The Morgan fingerprint density at radius 3 is 2.32 bits per heavy atom. The first-order valence-corrected chi connectivity index (χ1v) is 6.54. The number of aryl methyl sites for hydroxylation is 1. The van der Waals surface area contributed by atoms with Crippen LogP contribution in [0.15, 0.2) is 60.8 Å². The number of anilines is 1. The van der Waals surface area contributed by atoms with Crippen molar-refractivity contribution in [3.63, 3.8) is 0 Å². The molecule has 0 N–H and O–H groups in total. The van der Waals surface area contributed by atoms with Crippen molar-refractivity contribution in [1.29, 1.82) is 0 Å². The van der Waals surface area contributed by atoms with Crippen molar-refractivity contribution in [2.75, 3.05) is 4.90 Å². The molecule has 1 aliphatic heterocycles. The van der Waals surface area contributed by atoms with E-state index in [2.05, 4.69) is 36.5 Å². The Morgan fingerprint density at radius 2 is 1.63 bits per heavy atom. The van der Waals surface area contributed by atoms with Crippen LogP contribution in [0.2, 0.25) is 0 Å². The summed E-state index contributed by atoms with van der Waals surface area (Å²) in [6.45, 7) is 2.07. The summed E-state index contributed by atoms with van der Waals surface area (Å²) in [5, 5.41) is 5.05. The molecule has 3 rings (SSSR count). The molecule has 3 heteroatoms. The molecule has 0 bridgehead atoms. The monoisotopic (exact) mass is 265 g/mol. The lowest BCUT2D eigenvalue weighted by molar-refractivity contribution is 1.30. The predicted octanol–water partition coefficient (Wildman–Crippen LogP) is 3.70. The summed E-state index contributed by atoms with van der Waals surface area (Å²) >= 11 is 5.33. The van der Waals surface area contributed by atoms with Gasteiger partial charge in [-0.2, -0.15) is 0 Å². The molecule has 19 heavy (non-hydrogen) atoms. The van der Waals surface area contributed by atoms with Gasteiger partial charge in [-0.1, -0.05) is 48.0 Å². The predicted molar refractivity (Wildman–Crippen MR) is 82.8 cm³/mol. The quantitative estimate of drug-likeness (QED) is 0.770. The minimum Gasteiger partial charge on any atom is -0.290 e. The Hall–Kier alpha value is -2.13. The van der Waals surface area contributed by atoms with Crippen LogP contribution < -0.4 is 10.2 Å². The van der Waals surface area contributed by atoms with Gasteiger partial charge in [0.25, 0.3) is 0 Å². The third-order valence-corrected chi connectivity index (χ3v) is 3.34. The lowest BCUT2D eigenvalue weighted by Crippen LogP contribution is -2.23. The Kier molecular flexibility index (Phi) is 3.05. The first-order chi connectivity index (χ1) is 9.24. The molecule has 1 aliphatic rings. The van der Waals surface area contributed by atoms with E-state index in [4.69, 9.17) is 12.2 Å². The lowest BCUT2D eigenvalue weighted by atomic mass is 10.1. The number of rotatable bonds is 2. The second-order valence-corrected chi connectivity index (χ2v) is 4.85. The van der Waals surface area contributed by atoms with Gasteiger partial charge >= 0.3 is 0 Å². The minimum atomic E-state index is 0.585. The molecule has 1 radical (unpaired) electrons. The second kappa shape index (κ2) is 4.86. The van der Waals surface area contributed by atoms with Gasteiger partial charge in [-0.25, -0.2) is 5.32 Å². The van der Waals surface area contributed by atoms with Crippen LogP contribution in [0.1, 0.15) is 11.1 Å². The van der Waals surface area contributed by atoms with Crippen molar-refractivity contribution in [1.82, 2.24) is 5.32 Å². The van der Waals surface area contributed by atoms with Gasteiger partial charge in [-0.3, -0.25) is 4.90 Å². The average Bonchev–Trinajstić information content (AvgIpc) is 2.83. The molecule has 2 nitrogen and oxygen atoms in total. The molecular weight excluding hydrogens is 252 g/mol. The van der Waals surface area contributed by atoms with Crippen LogP contribution in [0, 0.1) is 6.92 Å². The van der Waals surface area contributed by atoms with Gasteiger partial charge in [0.05, 0.1) is 5.70 Å². The molecule has 2 aromatic carbocycles. The highest BCUT2D eigenvalue weighted by atomic mass is 32.1. The van der Waals surface area contributed by atoms with E-state index in [-0.39, 0.29) is 0 Å². The van der Waals surface area contributed by atoms with Gasteiger partial charge in [0.2, 0.25) is 5.11 Å². The van der Waals surface area contributed by atoms with Crippen molar-refractivity contribution in [2.24, 2.45) is 0 Å². The SMILES string of the molecule is Cc1ccc(C2=CN(c3ccccc3)C(=S)[N]2)cc1. The highest BCUT2D eigenvalue weighted by molar-refractivity contribution is 7.80. The summed E-state index contributed by atoms with van der Waals surface area (Å²) in [5.74, 6) is 0. The van der Waals surface area contributed by atoms with Crippen molar-refractivity contribution in [3.8, 4) is 0 Å². The molecule has 0 atom stereocenters. The number of hydrogen-bond acceptors (Lipinski definition) is 1. The van der Waals surface area contributed by atoms with Crippen molar-refractivity contribution in [2.45, 2.75) is 6.92 Å². The van der Waals surface area contributed by atoms with E-state index in [0.717, 1.165) is 16.9 Å². The molecule has 0 unspecified atom stereocenters. The number of thiocarbonyl (C=S) groups is 1. The van der Waals surface area contributed by atoms with Crippen LogP contribution in [0.4, 0.5) is 5.69 Å². The number of hydrogen-bond donors (Lipinski definition) is 0. The molecule has 0 saturated carbocycles. The van der Waals surface area contributed by atoms with Gasteiger partial charge in [0.1, 0.15) is 0 Å². The maximum atomic E-state index is 5.33. The zero-order valence-electron chi connectivity index (χ0n) is 10.6.